The molecule has 3 rings (SSSR count). The molecule has 0 aromatic heterocycles. The van der Waals surface area contributed by atoms with Gasteiger partial charge in [-0.1, -0.05) is 48.2 Å². The molecule has 0 bridgehead atoms. The first-order valence-electron chi connectivity index (χ1n) is 7.76. The summed E-state index contributed by atoms with van der Waals surface area (Å²) < 4.78 is 0.319. The Morgan fingerprint density at radius 3 is 2.42 bits per heavy atom. The van der Waals surface area contributed by atoms with Gasteiger partial charge in [-0.2, -0.15) is 0 Å². The molecule has 132 valence electrons. The molecule has 1 fully saturated rings. The number of thioether (sulfide) groups is 1. The van der Waals surface area contributed by atoms with Crippen LogP contribution < -0.4 is 9.80 Å². The van der Waals surface area contributed by atoms with Crippen LogP contribution in [0.25, 0.3) is 6.08 Å². The fourth-order valence-corrected chi connectivity index (χ4v) is 3.83. The van der Waals surface area contributed by atoms with Crippen LogP contribution in [0.2, 0.25) is 0 Å². The smallest absolute Gasteiger partial charge is 0.337 e. The summed E-state index contributed by atoms with van der Waals surface area (Å²) in [6.07, 6.45) is 1.77. The molecule has 1 aliphatic rings. The number of anilines is 2. The van der Waals surface area contributed by atoms with Crippen LogP contribution in [0, 0.1) is 0 Å². The largest absolute Gasteiger partial charge is 0.478 e. The van der Waals surface area contributed by atoms with E-state index in [1.54, 1.807) is 24.3 Å². The Balaban J connectivity index is 1.93. The number of aromatic carboxylic acids is 1. The number of thiocarbonyl (C=S) groups is 1. The summed E-state index contributed by atoms with van der Waals surface area (Å²) in [5.74, 6) is -1.41. The zero-order valence-corrected chi connectivity index (χ0v) is 15.8. The van der Waals surface area contributed by atoms with Gasteiger partial charge in [0.15, 0.2) is 4.32 Å². The van der Waals surface area contributed by atoms with Crippen molar-refractivity contribution < 1.29 is 14.7 Å². The third-order valence-electron chi connectivity index (χ3n) is 3.88. The van der Waals surface area contributed by atoms with Crippen molar-refractivity contribution in [3.8, 4) is 0 Å². The molecule has 0 spiro atoms. The summed E-state index contributed by atoms with van der Waals surface area (Å²) in [6.45, 7) is 0. The number of benzene rings is 2. The van der Waals surface area contributed by atoms with Gasteiger partial charge in [-0.05, 0) is 35.9 Å². The maximum atomic E-state index is 12.8. The second-order valence-electron chi connectivity index (χ2n) is 5.83. The number of nitrogens with zero attached hydrogens (tertiary/aromatic N) is 2. The van der Waals surface area contributed by atoms with Gasteiger partial charge in [-0.15, -0.1) is 0 Å². The molecular weight excluding hydrogens is 368 g/mol. The number of hydrogen-bond donors (Lipinski definition) is 1. The second kappa shape index (κ2) is 7.31. The molecule has 1 saturated heterocycles. The van der Waals surface area contributed by atoms with Crippen LogP contribution in [-0.2, 0) is 4.79 Å². The first kappa shape index (κ1) is 18.2. The first-order valence-corrected chi connectivity index (χ1v) is 8.98. The van der Waals surface area contributed by atoms with Crippen molar-refractivity contribution in [3.63, 3.8) is 0 Å². The molecular formula is C19H16N2O3S2. The monoisotopic (exact) mass is 384 g/mol. The zero-order chi connectivity index (χ0) is 18.8. The maximum Gasteiger partial charge on any atom is 0.337 e. The molecule has 2 aromatic carbocycles. The summed E-state index contributed by atoms with van der Waals surface area (Å²) in [7, 11) is 3.92. The number of carbonyl (C=O) groups is 2. The summed E-state index contributed by atoms with van der Waals surface area (Å²) in [5.41, 5.74) is 2.27. The number of carbonyl (C=O) groups excluding carboxylic acids is 1. The normalized spacial score (nSPS) is 15.6. The summed E-state index contributed by atoms with van der Waals surface area (Å²) in [6, 6.07) is 14.1. The minimum absolute atomic E-state index is 0.0420. The van der Waals surface area contributed by atoms with Crippen LogP contribution in [0.4, 0.5) is 11.4 Å². The Morgan fingerprint density at radius 2 is 1.81 bits per heavy atom. The van der Waals surface area contributed by atoms with Crippen LogP contribution in [0.3, 0.4) is 0 Å². The molecule has 0 saturated carbocycles. The molecule has 2 aromatic rings. The summed E-state index contributed by atoms with van der Waals surface area (Å²) in [4.78, 5) is 28.0. The van der Waals surface area contributed by atoms with Crippen LogP contribution in [0.15, 0.2) is 53.4 Å². The first-order chi connectivity index (χ1) is 12.4. The topological polar surface area (TPSA) is 60.9 Å². The lowest BCUT2D eigenvalue weighted by Crippen LogP contribution is -2.29. The van der Waals surface area contributed by atoms with Crippen molar-refractivity contribution in [1.82, 2.24) is 0 Å². The van der Waals surface area contributed by atoms with E-state index in [0.717, 1.165) is 11.3 Å². The minimum Gasteiger partial charge on any atom is -0.478 e. The Hall–Kier alpha value is -2.64. The molecule has 1 amide bonds. The Morgan fingerprint density at radius 1 is 1.15 bits per heavy atom. The lowest BCUT2D eigenvalue weighted by Gasteiger charge is -2.16. The highest BCUT2D eigenvalue weighted by Crippen LogP contribution is 2.37. The summed E-state index contributed by atoms with van der Waals surface area (Å²) in [5, 5.41) is 9.36. The number of rotatable bonds is 4. The van der Waals surface area contributed by atoms with Crippen molar-refractivity contribution in [1.29, 1.82) is 0 Å². The van der Waals surface area contributed by atoms with E-state index in [1.807, 2.05) is 43.3 Å². The number of carboxylic acids is 1. The fourth-order valence-electron chi connectivity index (χ4n) is 2.54. The second-order valence-corrected chi connectivity index (χ2v) is 7.50. The van der Waals surface area contributed by atoms with Crippen LogP contribution in [-0.4, -0.2) is 35.4 Å². The number of amides is 1. The molecule has 1 aliphatic heterocycles. The summed E-state index contributed by atoms with van der Waals surface area (Å²) >= 11 is 6.49. The van der Waals surface area contributed by atoms with E-state index in [9.17, 15) is 14.7 Å². The van der Waals surface area contributed by atoms with E-state index >= 15 is 0 Å². The van der Waals surface area contributed by atoms with Gasteiger partial charge < -0.3 is 10.0 Å². The van der Waals surface area contributed by atoms with Gasteiger partial charge in [-0.25, -0.2) is 4.79 Å². The predicted molar refractivity (Wildman–Crippen MR) is 110 cm³/mol. The predicted octanol–water partition coefficient (Wildman–Crippen LogP) is 3.86. The number of para-hydroxylation sites is 1. The van der Waals surface area contributed by atoms with E-state index in [2.05, 4.69) is 0 Å². The quantitative estimate of drug-likeness (QED) is 0.638. The van der Waals surface area contributed by atoms with Crippen molar-refractivity contribution in [2.75, 3.05) is 23.9 Å². The Bertz CT molecular complexity index is 921. The maximum absolute atomic E-state index is 12.8. The van der Waals surface area contributed by atoms with Crippen molar-refractivity contribution in [2.45, 2.75) is 0 Å². The van der Waals surface area contributed by atoms with E-state index in [4.69, 9.17) is 12.2 Å². The van der Waals surface area contributed by atoms with Gasteiger partial charge >= 0.3 is 5.97 Å². The molecule has 0 atom stereocenters. The van der Waals surface area contributed by atoms with E-state index < -0.39 is 5.97 Å². The van der Waals surface area contributed by atoms with Gasteiger partial charge in [0.25, 0.3) is 5.91 Å². The lowest BCUT2D eigenvalue weighted by atomic mass is 10.1. The highest BCUT2D eigenvalue weighted by atomic mass is 32.2. The molecule has 7 heteroatoms. The highest BCUT2D eigenvalue weighted by Gasteiger charge is 2.35. The average Bonchev–Trinajstić information content (AvgIpc) is 2.89. The minimum atomic E-state index is -1.10. The molecule has 0 unspecified atom stereocenters. The van der Waals surface area contributed by atoms with E-state index in [-0.39, 0.29) is 17.2 Å². The molecule has 5 nitrogen and oxygen atoms in total. The molecule has 26 heavy (non-hydrogen) atoms. The van der Waals surface area contributed by atoms with Gasteiger partial charge in [0.05, 0.1) is 16.2 Å². The third kappa shape index (κ3) is 3.49. The number of hydrogen-bond acceptors (Lipinski definition) is 5. The van der Waals surface area contributed by atoms with Gasteiger partial charge in [0.2, 0.25) is 0 Å². The lowest BCUT2D eigenvalue weighted by molar-refractivity contribution is -0.113. The number of carboxylic acid groups (broad SMARTS) is 1. The van der Waals surface area contributed by atoms with Crippen molar-refractivity contribution in [3.05, 3.63) is 64.6 Å². The zero-order valence-electron chi connectivity index (χ0n) is 14.2. The van der Waals surface area contributed by atoms with Crippen LogP contribution in [0.1, 0.15) is 15.9 Å². The van der Waals surface area contributed by atoms with Gasteiger partial charge in [0, 0.05) is 19.8 Å². The van der Waals surface area contributed by atoms with E-state index in [0.29, 0.717) is 9.23 Å². The third-order valence-corrected chi connectivity index (χ3v) is 5.18. The molecule has 1 N–H and O–H groups in total. The van der Waals surface area contributed by atoms with Gasteiger partial charge in [0.1, 0.15) is 0 Å². The molecule has 1 heterocycles. The molecule has 0 aliphatic carbocycles. The van der Waals surface area contributed by atoms with Crippen LogP contribution in [0.5, 0.6) is 0 Å². The van der Waals surface area contributed by atoms with Crippen molar-refractivity contribution in [2.24, 2.45) is 0 Å². The standard InChI is InChI=1S/C19H16N2O3S2/c1-20(2)13-9-7-12(8-10-13)11-16-17(22)21(19(25)26-16)15-6-4-3-5-14(15)18(23)24/h3-11H,1-2H3,(H,23,24)/b16-11-. The fraction of sp³-hybridized carbons (Fsp3) is 0.105. The Labute approximate surface area is 160 Å². The van der Waals surface area contributed by atoms with Crippen molar-refractivity contribution >= 4 is 57.6 Å². The SMILES string of the molecule is CN(C)c1ccc(/C=C2\SC(=S)N(c3ccccc3C(=O)O)C2=O)cc1. The van der Waals surface area contributed by atoms with Crippen LogP contribution >= 0.6 is 24.0 Å². The Kier molecular flexibility index (Phi) is 5.11. The van der Waals surface area contributed by atoms with E-state index in [1.165, 1.54) is 22.7 Å². The molecule has 0 radical (unpaired) electrons. The highest BCUT2D eigenvalue weighted by molar-refractivity contribution is 8.27. The van der Waals surface area contributed by atoms with Gasteiger partial charge in [-0.3, -0.25) is 9.69 Å². The average molecular weight is 384 g/mol.